The van der Waals surface area contributed by atoms with Crippen molar-refractivity contribution in [3.8, 4) is 0 Å². The molecule has 2 rings (SSSR count). The van der Waals surface area contributed by atoms with Gasteiger partial charge in [-0.05, 0) is 30.5 Å². The molecule has 0 saturated heterocycles. The first kappa shape index (κ1) is 18.0. The lowest BCUT2D eigenvalue weighted by Crippen LogP contribution is -2.34. The van der Waals surface area contributed by atoms with Crippen LogP contribution in [-0.2, 0) is 9.59 Å². The molecular weight excluding hydrogens is 322 g/mol. The molecule has 1 N–H and O–H groups in total. The number of carbonyl (C=O) groups is 2. The van der Waals surface area contributed by atoms with Gasteiger partial charge in [0.05, 0.1) is 24.0 Å². The second-order valence-corrected chi connectivity index (χ2v) is 6.62. The first-order chi connectivity index (χ1) is 11.4. The van der Waals surface area contributed by atoms with Crippen molar-refractivity contribution in [1.29, 1.82) is 0 Å². The summed E-state index contributed by atoms with van der Waals surface area (Å²) in [5, 5.41) is 5.16. The fourth-order valence-electron chi connectivity index (χ4n) is 2.32. The van der Waals surface area contributed by atoms with E-state index in [-0.39, 0.29) is 24.4 Å². The molecule has 0 aliphatic carbocycles. The van der Waals surface area contributed by atoms with E-state index < -0.39 is 0 Å². The molecule has 0 saturated carbocycles. The maximum Gasteiger partial charge on any atom is 0.242 e. The van der Waals surface area contributed by atoms with E-state index in [4.69, 9.17) is 0 Å². The van der Waals surface area contributed by atoms with Crippen molar-refractivity contribution in [2.75, 3.05) is 30.9 Å². The highest BCUT2D eigenvalue weighted by molar-refractivity contribution is 7.10. The van der Waals surface area contributed by atoms with Gasteiger partial charge in [0.25, 0.3) is 0 Å². The molecule has 6 heteroatoms. The molecule has 0 spiro atoms. The van der Waals surface area contributed by atoms with E-state index in [9.17, 15) is 9.59 Å². The summed E-state index contributed by atoms with van der Waals surface area (Å²) in [6.07, 6.45) is 0. The molecule has 5 nitrogen and oxygen atoms in total. The summed E-state index contributed by atoms with van der Waals surface area (Å²) in [5.74, 6) is -0.0600. The van der Waals surface area contributed by atoms with Gasteiger partial charge in [-0.15, -0.1) is 11.3 Å². The predicted molar refractivity (Wildman–Crippen MR) is 99.5 cm³/mol. The van der Waals surface area contributed by atoms with Crippen molar-refractivity contribution in [1.82, 2.24) is 4.90 Å². The number of amides is 2. The number of anilines is 2. The summed E-state index contributed by atoms with van der Waals surface area (Å²) in [5.41, 5.74) is 1.52. The van der Waals surface area contributed by atoms with Crippen molar-refractivity contribution in [2.24, 2.45) is 0 Å². The van der Waals surface area contributed by atoms with Crippen LogP contribution < -0.4 is 10.2 Å². The molecule has 1 aromatic heterocycles. The first-order valence-electron chi connectivity index (χ1n) is 7.78. The van der Waals surface area contributed by atoms with Crippen LogP contribution in [0.15, 0.2) is 41.8 Å². The molecule has 0 radical (unpaired) electrons. The number of carbonyl (C=O) groups excluding carboxylic acids is 2. The summed E-state index contributed by atoms with van der Waals surface area (Å²) in [4.78, 5) is 28.5. The molecule has 0 aliphatic heterocycles. The standard InChI is InChI=1S/C18H23N3O2S/c1-13(17-10-7-11-24-17)20(3)18(23)12-19-15-8-5-6-9-16(15)21(4)14(2)22/h5-11,13,19H,12H2,1-4H3. The highest BCUT2D eigenvalue weighted by atomic mass is 32.1. The maximum absolute atomic E-state index is 12.5. The van der Waals surface area contributed by atoms with Crippen LogP contribution in [0.2, 0.25) is 0 Å². The molecule has 1 atom stereocenters. The lowest BCUT2D eigenvalue weighted by atomic mass is 10.2. The highest BCUT2D eigenvalue weighted by Crippen LogP contribution is 2.26. The number of rotatable bonds is 6. The van der Waals surface area contributed by atoms with Crippen molar-refractivity contribution in [3.05, 3.63) is 46.7 Å². The zero-order valence-electron chi connectivity index (χ0n) is 14.4. The van der Waals surface area contributed by atoms with Gasteiger partial charge in [0.15, 0.2) is 0 Å². The Bertz CT molecular complexity index is 700. The van der Waals surface area contributed by atoms with Gasteiger partial charge in [0.1, 0.15) is 0 Å². The van der Waals surface area contributed by atoms with Crippen molar-refractivity contribution >= 4 is 34.5 Å². The summed E-state index contributed by atoms with van der Waals surface area (Å²) < 4.78 is 0. The Labute approximate surface area is 146 Å². The molecule has 1 aromatic carbocycles. The van der Waals surface area contributed by atoms with Crippen LogP contribution in [0.4, 0.5) is 11.4 Å². The van der Waals surface area contributed by atoms with Crippen LogP contribution in [0.1, 0.15) is 24.8 Å². The zero-order valence-corrected chi connectivity index (χ0v) is 15.3. The van der Waals surface area contributed by atoms with Gasteiger partial charge >= 0.3 is 0 Å². The number of benzene rings is 1. The van der Waals surface area contributed by atoms with Gasteiger partial charge in [0, 0.05) is 25.9 Å². The van der Waals surface area contributed by atoms with Gasteiger partial charge in [0.2, 0.25) is 11.8 Å². The summed E-state index contributed by atoms with van der Waals surface area (Å²) in [6, 6.07) is 11.5. The number of thiophene rings is 1. The fourth-order valence-corrected chi connectivity index (χ4v) is 3.14. The minimum Gasteiger partial charge on any atom is -0.374 e. The molecule has 0 aliphatic rings. The van der Waals surface area contributed by atoms with E-state index >= 15 is 0 Å². The minimum atomic E-state index is -0.0565. The molecule has 2 aromatic rings. The number of hydrogen-bond donors (Lipinski definition) is 1. The van der Waals surface area contributed by atoms with E-state index in [1.807, 2.05) is 55.7 Å². The van der Waals surface area contributed by atoms with E-state index in [1.165, 1.54) is 6.92 Å². The molecule has 0 fully saturated rings. The van der Waals surface area contributed by atoms with Gasteiger partial charge < -0.3 is 15.1 Å². The Morgan fingerprint density at radius 3 is 2.50 bits per heavy atom. The minimum absolute atomic E-state index is 0.00354. The third-order valence-corrected chi connectivity index (χ3v) is 5.14. The maximum atomic E-state index is 12.5. The largest absolute Gasteiger partial charge is 0.374 e. The zero-order chi connectivity index (χ0) is 17.7. The number of para-hydroxylation sites is 2. The Morgan fingerprint density at radius 2 is 1.88 bits per heavy atom. The monoisotopic (exact) mass is 345 g/mol. The molecule has 24 heavy (non-hydrogen) atoms. The number of nitrogens with zero attached hydrogens (tertiary/aromatic N) is 2. The average molecular weight is 345 g/mol. The smallest absolute Gasteiger partial charge is 0.242 e. The molecule has 1 unspecified atom stereocenters. The number of likely N-dealkylation sites (N-methyl/N-ethyl adjacent to an activating group) is 1. The van der Waals surface area contributed by atoms with Crippen LogP contribution >= 0.6 is 11.3 Å². The van der Waals surface area contributed by atoms with Crippen molar-refractivity contribution < 1.29 is 9.59 Å². The van der Waals surface area contributed by atoms with Gasteiger partial charge in [-0.1, -0.05) is 18.2 Å². The fraction of sp³-hybridized carbons (Fsp3) is 0.333. The molecular formula is C18H23N3O2S. The van der Waals surface area contributed by atoms with Crippen LogP contribution in [0, 0.1) is 0 Å². The van der Waals surface area contributed by atoms with Gasteiger partial charge in [-0.25, -0.2) is 0 Å². The third kappa shape index (κ3) is 4.14. The predicted octanol–water partition coefficient (Wildman–Crippen LogP) is 3.36. The van der Waals surface area contributed by atoms with E-state index in [2.05, 4.69) is 5.32 Å². The Morgan fingerprint density at radius 1 is 1.17 bits per heavy atom. The molecule has 128 valence electrons. The quantitative estimate of drug-likeness (QED) is 0.873. The topological polar surface area (TPSA) is 52.7 Å². The van der Waals surface area contributed by atoms with E-state index in [0.717, 1.165) is 16.3 Å². The molecule has 1 heterocycles. The third-order valence-electron chi connectivity index (χ3n) is 4.10. The Hall–Kier alpha value is -2.34. The number of nitrogens with one attached hydrogen (secondary N) is 1. The number of hydrogen-bond acceptors (Lipinski definition) is 4. The van der Waals surface area contributed by atoms with Crippen molar-refractivity contribution in [3.63, 3.8) is 0 Å². The van der Waals surface area contributed by atoms with E-state index in [1.54, 1.807) is 28.2 Å². The Kier molecular flexibility index (Phi) is 5.98. The SMILES string of the molecule is CC(=O)N(C)c1ccccc1NCC(=O)N(C)C(C)c1cccs1. The highest BCUT2D eigenvalue weighted by Gasteiger charge is 2.18. The van der Waals surface area contributed by atoms with Crippen LogP contribution in [0.5, 0.6) is 0 Å². The van der Waals surface area contributed by atoms with Gasteiger partial charge in [-0.2, -0.15) is 0 Å². The second-order valence-electron chi connectivity index (χ2n) is 5.64. The lowest BCUT2D eigenvalue weighted by molar-refractivity contribution is -0.129. The molecule has 2 amide bonds. The van der Waals surface area contributed by atoms with Crippen LogP contribution in [0.25, 0.3) is 0 Å². The van der Waals surface area contributed by atoms with Crippen LogP contribution in [-0.4, -0.2) is 37.4 Å². The average Bonchev–Trinajstić information content (AvgIpc) is 3.12. The van der Waals surface area contributed by atoms with Gasteiger partial charge in [-0.3, -0.25) is 9.59 Å². The lowest BCUT2D eigenvalue weighted by Gasteiger charge is -2.25. The second kappa shape index (κ2) is 7.97. The first-order valence-corrected chi connectivity index (χ1v) is 8.66. The summed E-state index contributed by atoms with van der Waals surface area (Å²) in [7, 11) is 3.53. The molecule has 0 bridgehead atoms. The van der Waals surface area contributed by atoms with E-state index in [0.29, 0.717) is 0 Å². The Balaban J connectivity index is 2.03. The van der Waals surface area contributed by atoms with Crippen molar-refractivity contribution in [2.45, 2.75) is 19.9 Å². The van der Waals surface area contributed by atoms with Crippen LogP contribution in [0.3, 0.4) is 0 Å². The normalized spacial score (nSPS) is 11.7. The summed E-state index contributed by atoms with van der Waals surface area (Å²) >= 11 is 1.64. The summed E-state index contributed by atoms with van der Waals surface area (Å²) in [6.45, 7) is 3.70.